The van der Waals surface area contributed by atoms with Crippen LogP contribution < -0.4 is 5.32 Å². The van der Waals surface area contributed by atoms with Gasteiger partial charge in [-0.1, -0.05) is 35.9 Å². The number of nitrogens with zero attached hydrogens (tertiary/aromatic N) is 2. The van der Waals surface area contributed by atoms with Crippen molar-refractivity contribution >= 4 is 46.0 Å². The Morgan fingerprint density at radius 2 is 1.88 bits per heavy atom. The van der Waals surface area contributed by atoms with E-state index in [9.17, 15) is 23.9 Å². The lowest BCUT2D eigenvalue weighted by molar-refractivity contribution is -0.144. The predicted molar refractivity (Wildman–Crippen MR) is 155 cm³/mol. The van der Waals surface area contributed by atoms with E-state index in [4.69, 9.17) is 16.3 Å². The third kappa shape index (κ3) is 6.57. The van der Waals surface area contributed by atoms with E-state index in [0.29, 0.717) is 47.5 Å². The van der Waals surface area contributed by atoms with E-state index in [1.807, 2.05) is 42.0 Å². The lowest BCUT2D eigenvalue weighted by atomic mass is 9.87. The number of anilines is 1. The van der Waals surface area contributed by atoms with E-state index in [2.05, 4.69) is 5.32 Å². The number of amides is 2. The standard InChI is InChI=1S/C31H35ClFN3O5/c1-2-35-17-25(24-5-3-4-6-28(24)35)30(38)34-27-12-7-19(13-26(27)32)14-29(37)36-16-21(33)15-22(36)18-41-23-10-8-20(9-11-23)31(39)40/h3-7,12-13,17,20-23H,2,8-11,14-16,18H2,1H3,(H,34,38)(H,39,40)/t20?,21-,22-,23?/m0/s1. The molecule has 2 atom stereocenters. The molecule has 1 saturated heterocycles. The number of benzene rings is 2. The van der Waals surface area contributed by atoms with Gasteiger partial charge < -0.3 is 24.6 Å². The van der Waals surface area contributed by atoms with Crippen molar-refractivity contribution < 1.29 is 28.6 Å². The highest BCUT2D eigenvalue weighted by atomic mass is 35.5. The Bertz CT molecular complexity index is 1430. The summed E-state index contributed by atoms with van der Waals surface area (Å²) in [5, 5.41) is 13.2. The molecule has 0 bridgehead atoms. The Morgan fingerprint density at radius 1 is 1.12 bits per heavy atom. The molecule has 1 aromatic heterocycles. The summed E-state index contributed by atoms with van der Waals surface area (Å²) in [6, 6.07) is 12.4. The number of rotatable bonds is 9. The fraction of sp³-hybridized carbons (Fsp3) is 0.452. The van der Waals surface area contributed by atoms with Crippen LogP contribution in [0.3, 0.4) is 0 Å². The number of ether oxygens (including phenoxy) is 1. The molecule has 3 aromatic rings. The second-order valence-corrected chi connectivity index (χ2v) is 11.4. The molecule has 41 heavy (non-hydrogen) atoms. The normalized spacial score (nSPS) is 22.7. The number of carboxylic acid groups (broad SMARTS) is 1. The molecule has 0 spiro atoms. The van der Waals surface area contributed by atoms with Crippen LogP contribution in [-0.2, 0) is 27.3 Å². The molecule has 2 N–H and O–H groups in total. The lowest BCUT2D eigenvalue weighted by Gasteiger charge is -2.29. The Kier molecular flexibility index (Phi) is 8.94. The topological polar surface area (TPSA) is 101 Å². The number of likely N-dealkylation sites (tertiary alicyclic amines) is 1. The lowest BCUT2D eigenvalue weighted by Crippen LogP contribution is -2.40. The van der Waals surface area contributed by atoms with Crippen molar-refractivity contribution in [3.63, 3.8) is 0 Å². The minimum atomic E-state index is -1.12. The first-order valence-corrected chi connectivity index (χ1v) is 14.6. The molecule has 2 aromatic carbocycles. The SMILES string of the molecule is CCn1cc(C(=O)Nc2ccc(CC(=O)N3C[C@@H](F)C[C@H]3COC3CCC(C(=O)O)CC3)cc2Cl)c2ccccc21. The number of hydrogen-bond acceptors (Lipinski definition) is 4. The molecule has 0 radical (unpaired) electrons. The van der Waals surface area contributed by atoms with Gasteiger partial charge in [-0.15, -0.1) is 0 Å². The maximum Gasteiger partial charge on any atom is 0.306 e. The summed E-state index contributed by atoms with van der Waals surface area (Å²) in [6.45, 7) is 3.00. The first-order chi connectivity index (χ1) is 19.7. The quantitative estimate of drug-likeness (QED) is 0.336. The Hall–Kier alpha value is -3.43. The summed E-state index contributed by atoms with van der Waals surface area (Å²) >= 11 is 6.51. The molecule has 2 amide bonds. The van der Waals surface area contributed by atoms with Crippen LogP contribution in [-0.4, -0.2) is 63.8 Å². The zero-order valence-corrected chi connectivity index (χ0v) is 23.8. The van der Waals surface area contributed by atoms with E-state index in [-0.39, 0.29) is 55.9 Å². The maximum absolute atomic E-state index is 14.4. The van der Waals surface area contributed by atoms with Crippen LogP contribution in [0.15, 0.2) is 48.7 Å². The van der Waals surface area contributed by atoms with Crippen LogP contribution in [0.4, 0.5) is 10.1 Å². The number of nitrogens with one attached hydrogen (secondary N) is 1. The minimum absolute atomic E-state index is 0.0197. The van der Waals surface area contributed by atoms with Gasteiger partial charge in [0.15, 0.2) is 0 Å². The zero-order chi connectivity index (χ0) is 29.1. The van der Waals surface area contributed by atoms with Gasteiger partial charge in [0.25, 0.3) is 5.91 Å². The number of aryl methyl sites for hydroxylation is 1. The first-order valence-electron chi connectivity index (χ1n) is 14.2. The molecule has 2 heterocycles. The fourth-order valence-electron chi connectivity index (χ4n) is 5.97. The van der Waals surface area contributed by atoms with E-state index in [1.165, 1.54) is 0 Å². The van der Waals surface area contributed by atoms with Crippen molar-refractivity contribution in [3.8, 4) is 0 Å². The van der Waals surface area contributed by atoms with Crippen molar-refractivity contribution in [3.05, 3.63) is 64.8 Å². The minimum Gasteiger partial charge on any atom is -0.481 e. The van der Waals surface area contributed by atoms with Crippen LogP contribution in [0.2, 0.25) is 5.02 Å². The van der Waals surface area contributed by atoms with Gasteiger partial charge in [0.2, 0.25) is 5.91 Å². The molecule has 5 rings (SSSR count). The van der Waals surface area contributed by atoms with Crippen molar-refractivity contribution in [2.24, 2.45) is 5.92 Å². The van der Waals surface area contributed by atoms with Gasteiger partial charge >= 0.3 is 5.97 Å². The van der Waals surface area contributed by atoms with Gasteiger partial charge in [-0.3, -0.25) is 14.4 Å². The average Bonchev–Trinajstić information content (AvgIpc) is 3.53. The van der Waals surface area contributed by atoms with Crippen molar-refractivity contribution in [2.45, 2.75) is 70.3 Å². The highest BCUT2D eigenvalue weighted by molar-refractivity contribution is 6.34. The summed E-state index contributed by atoms with van der Waals surface area (Å²) in [4.78, 5) is 39.0. The molecule has 8 nitrogen and oxygen atoms in total. The number of alkyl halides is 1. The molecule has 1 saturated carbocycles. The number of fused-ring (bicyclic) bond motifs is 1. The fourth-order valence-corrected chi connectivity index (χ4v) is 6.22. The van der Waals surface area contributed by atoms with Gasteiger partial charge in [-0.05, 0) is 56.4 Å². The highest BCUT2D eigenvalue weighted by Gasteiger charge is 2.36. The number of aliphatic carboxylic acids is 1. The number of aromatic nitrogens is 1. The van der Waals surface area contributed by atoms with Crippen LogP contribution in [0.25, 0.3) is 10.9 Å². The smallest absolute Gasteiger partial charge is 0.306 e. The summed E-state index contributed by atoms with van der Waals surface area (Å²) in [5.74, 6) is -1.59. The molecule has 218 valence electrons. The van der Waals surface area contributed by atoms with Crippen molar-refractivity contribution in [2.75, 3.05) is 18.5 Å². The largest absolute Gasteiger partial charge is 0.481 e. The van der Waals surface area contributed by atoms with Crippen LogP contribution >= 0.6 is 11.6 Å². The van der Waals surface area contributed by atoms with Crippen molar-refractivity contribution in [1.82, 2.24) is 9.47 Å². The summed E-state index contributed by atoms with van der Waals surface area (Å²) < 4.78 is 22.4. The third-order valence-corrected chi connectivity index (χ3v) is 8.56. The van der Waals surface area contributed by atoms with E-state index in [1.54, 1.807) is 23.1 Å². The molecule has 2 fully saturated rings. The predicted octanol–water partition coefficient (Wildman–Crippen LogP) is 5.71. The van der Waals surface area contributed by atoms with E-state index < -0.39 is 12.1 Å². The van der Waals surface area contributed by atoms with Crippen LogP contribution in [0, 0.1) is 5.92 Å². The number of hydrogen-bond donors (Lipinski definition) is 2. The number of halogens is 2. The number of carboxylic acids is 1. The van der Waals surface area contributed by atoms with Crippen molar-refractivity contribution in [1.29, 1.82) is 0 Å². The van der Waals surface area contributed by atoms with E-state index in [0.717, 1.165) is 17.4 Å². The van der Waals surface area contributed by atoms with Crippen LogP contribution in [0.1, 0.15) is 54.9 Å². The average molecular weight is 584 g/mol. The molecular weight excluding hydrogens is 549 g/mol. The summed E-state index contributed by atoms with van der Waals surface area (Å²) in [7, 11) is 0. The monoisotopic (exact) mass is 583 g/mol. The van der Waals surface area contributed by atoms with Crippen LogP contribution in [0.5, 0.6) is 0 Å². The first kappa shape index (κ1) is 29.1. The molecular formula is C31H35ClFN3O5. The second-order valence-electron chi connectivity index (χ2n) is 11.0. The summed E-state index contributed by atoms with van der Waals surface area (Å²) in [6.07, 6.45) is 3.35. The zero-order valence-electron chi connectivity index (χ0n) is 23.0. The van der Waals surface area contributed by atoms with Gasteiger partial charge in [0.05, 0.1) is 53.9 Å². The Morgan fingerprint density at radius 3 is 2.59 bits per heavy atom. The molecule has 1 aliphatic carbocycles. The van der Waals surface area contributed by atoms with Gasteiger partial charge in [0.1, 0.15) is 6.17 Å². The number of para-hydroxylation sites is 1. The molecule has 1 aliphatic heterocycles. The van der Waals surface area contributed by atoms with E-state index >= 15 is 0 Å². The van der Waals surface area contributed by atoms with Gasteiger partial charge in [-0.25, -0.2) is 4.39 Å². The summed E-state index contributed by atoms with van der Waals surface area (Å²) in [5.41, 5.74) is 2.63. The second kappa shape index (κ2) is 12.6. The third-order valence-electron chi connectivity index (χ3n) is 8.24. The Labute approximate surface area is 243 Å². The molecule has 2 aliphatic rings. The Balaban J connectivity index is 1.19. The van der Waals surface area contributed by atoms with Gasteiger partial charge in [-0.2, -0.15) is 0 Å². The van der Waals surface area contributed by atoms with Gasteiger partial charge in [0, 0.05) is 30.1 Å². The molecule has 0 unspecified atom stereocenters. The highest BCUT2D eigenvalue weighted by Crippen LogP contribution is 2.30. The molecule has 10 heteroatoms. The number of carbonyl (C=O) groups excluding carboxylic acids is 2. The number of carbonyl (C=O) groups is 3. The maximum atomic E-state index is 14.4.